The molecule has 22 heavy (non-hydrogen) atoms. The highest BCUT2D eigenvalue weighted by molar-refractivity contribution is 9.11. The topological polar surface area (TPSA) is 61.7 Å². The molecule has 0 spiro atoms. The maximum atomic E-state index is 12.0. The van der Waals surface area contributed by atoms with Gasteiger partial charge in [0.05, 0.1) is 10.2 Å². The molecule has 7 heteroatoms. The molecule has 0 aliphatic rings. The fraction of sp³-hybridized carbons (Fsp3) is 0.0667. The van der Waals surface area contributed by atoms with Gasteiger partial charge in [0.2, 0.25) is 0 Å². The van der Waals surface area contributed by atoms with Crippen molar-refractivity contribution < 1.29 is 9.90 Å². The van der Waals surface area contributed by atoms with Crippen LogP contribution >= 0.6 is 43.5 Å². The van der Waals surface area contributed by atoms with Crippen LogP contribution in [0.1, 0.15) is 22.8 Å². The second-order valence-corrected chi connectivity index (χ2v) is 6.64. The van der Waals surface area contributed by atoms with Gasteiger partial charge in [-0.3, -0.25) is 4.79 Å². The molecule has 0 unspecified atom stereocenters. The number of hydrogen-bond acceptors (Lipinski definition) is 3. The summed E-state index contributed by atoms with van der Waals surface area (Å²) in [6.07, 6.45) is 0. The van der Waals surface area contributed by atoms with Crippen LogP contribution in [-0.4, -0.2) is 16.7 Å². The van der Waals surface area contributed by atoms with Crippen LogP contribution in [0, 0.1) is 0 Å². The number of carbonyl (C=O) groups is 1. The van der Waals surface area contributed by atoms with Gasteiger partial charge in [-0.1, -0.05) is 27.5 Å². The van der Waals surface area contributed by atoms with E-state index in [1.165, 1.54) is 0 Å². The third-order valence-corrected chi connectivity index (χ3v) is 4.16. The zero-order valence-corrected chi connectivity index (χ0v) is 15.3. The SMILES string of the molecule is CC(=NNC(=O)c1ccc(Cl)cc1)c1cc(Br)cc(Br)c1O. The van der Waals surface area contributed by atoms with E-state index in [0.29, 0.717) is 26.3 Å². The van der Waals surface area contributed by atoms with Crippen molar-refractivity contribution in [1.29, 1.82) is 0 Å². The van der Waals surface area contributed by atoms with E-state index >= 15 is 0 Å². The molecule has 2 aromatic carbocycles. The number of rotatable bonds is 3. The summed E-state index contributed by atoms with van der Waals surface area (Å²) in [5.41, 5.74) is 3.88. The third kappa shape index (κ3) is 4.09. The molecule has 0 aliphatic heterocycles. The Kier molecular flexibility index (Phi) is 5.61. The summed E-state index contributed by atoms with van der Waals surface area (Å²) in [5.74, 6) is -0.297. The first-order valence-corrected chi connectivity index (χ1v) is 8.13. The molecule has 2 aromatic rings. The Hall–Kier alpha value is -1.37. The van der Waals surface area contributed by atoms with E-state index in [1.54, 1.807) is 43.3 Å². The summed E-state index contributed by atoms with van der Waals surface area (Å²) in [4.78, 5) is 12.0. The van der Waals surface area contributed by atoms with Crippen molar-refractivity contribution in [1.82, 2.24) is 5.43 Å². The van der Waals surface area contributed by atoms with Crippen molar-refractivity contribution >= 4 is 55.1 Å². The molecule has 1 amide bonds. The number of aromatic hydroxyl groups is 1. The second-order valence-electron chi connectivity index (χ2n) is 4.43. The highest BCUT2D eigenvalue weighted by atomic mass is 79.9. The van der Waals surface area contributed by atoms with Crippen LogP contribution in [0.5, 0.6) is 5.75 Å². The summed E-state index contributed by atoms with van der Waals surface area (Å²) in [7, 11) is 0. The first-order chi connectivity index (χ1) is 10.4. The van der Waals surface area contributed by atoms with E-state index in [-0.39, 0.29) is 11.7 Å². The lowest BCUT2D eigenvalue weighted by atomic mass is 10.1. The van der Waals surface area contributed by atoms with E-state index in [2.05, 4.69) is 42.4 Å². The average molecular weight is 447 g/mol. The monoisotopic (exact) mass is 444 g/mol. The van der Waals surface area contributed by atoms with Gasteiger partial charge in [-0.2, -0.15) is 5.10 Å². The molecule has 2 N–H and O–H groups in total. The van der Waals surface area contributed by atoms with Gasteiger partial charge in [-0.25, -0.2) is 5.43 Å². The fourth-order valence-electron chi connectivity index (χ4n) is 1.70. The summed E-state index contributed by atoms with van der Waals surface area (Å²) in [6.45, 7) is 1.69. The van der Waals surface area contributed by atoms with Gasteiger partial charge in [0, 0.05) is 20.6 Å². The number of amides is 1. The van der Waals surface area contributed by atoms with E-state index in [4.69, 9.17) is 11.6 Å². The van der Waals surface area contributed by atoms with Crippen molar-refractivity contribution in [2.75, 3.05) is 0 Å². The molecule has 0 radical (unpaired) electrons. The lowest BCUT2D eigenvalue weighted by Gasteiger charge is -2.07. The number of nitrogens with one attached hydrogen (secondary N) is 1. The van der Waals surface area contributed by atoms with Crippen LogP contribution in [-0.2, 0) is 0 Å². The van der Waals surface area contributed by atoms with Gasteiger partial charge in [-0.05, 0) is 59.3 Å². The van der Waals surface area contributed by atoms with Gasteiger partial charge >= 0.3 is 0 Å². The Morgan fingerprint density at radius 1 is 1.23 bits per heavy atom. The van der Waals surface area contributed by atoms with E-state index in [0.717, 1.165) is 4.47 Å². The lowest BCUT2D eigenvalue weighted by Crippen LogP contribution is -2.19. The van der Waals surface area contributed by atoms with Crippen LogP contribution in [0.3, 0.4) is 0 Å². The quantitative estimate of drug-likeness (QED) is 0.529. The molecular weight excluding hydrogens is 435 g/mol. The standard InChI is InChI=1S/C15H11Br2ClN2O2/c1-8(12-6-10(16)7-13(17)14(12)21)19-20-15(22)9-2-4-11(18)5-3-9/h2-7,21H,1H3,(H,20,22). The predicted octanol–water partition coefficient (Wildman–Crippen LogP) is 4.72. The zero-order valence-electron chi connectivity index (χ0n) is 11.4. The van der Waals surface area contributed by atoms with Gasteiger partial charge in [-0.15, -0.1) is 0 Å². The minimum atomic E-state index is -0.357. The smallest absolute Gasteiger partial charge is 0.271 e. The average Bonchev–Trinajstić information content (AvgIpc) is 2.48. The zero-order chi connectivity index (χ0) is 16.3. The van der Waals surface area contributed by atoms with Crippen LogP contribution in [0.25, 0.3) is 0 Å². The van der Waals surface area contributed by atoms with Crippen molar-refractivity contribution in [3.8, 4) is 5.75 Å². The molecule has 2 rings (SSSR count). The summed E-state index contributed by atoms with van der Waals surface area (Å²) >= 11 is 12.4. The van der Waals surface area contributed by atoms with Gasteiger partial charge in [0.1, 0.15) is 5.75 Å². The number of hydrogen-bond donors (Lipinski definition) is 2. The van der Waals surface area contributed by atoms with E-state index < -0.39 is 0 Å². The molecular formula is C15H11Br2ClN2O2. The molecule has 0 atom stereocenters. The summed E-state index contributed by atoms with van der Waals surface area (Å²) < 4.78 is 1.32. The van der Waals surface area contributed by atoms with Crippen LogP contribution in [0.2, 0.25) is 5.02 Å². The number of hydrazone groups is 1. The molecule has 0 heterocycles. The van der Waals surface area contributed by atoms with Gasteiger partial charge in [0.25, 0.3) is 5.91 Å². The maximum Gasteiger partial charge on any atom is 0.271 e. The Morgan fingerprint density at radius 2 is 1.86 bits per heavy atom. The van der Waals surface area contributed by atoms with E-state index in [1.807, 2.05) is 0 Å². The molecule has 0 aromatic heterocycles. The van der Waals surface area contributed by atoms with Crippen LogP contribution in [0.4, 0.5) is 0 Å². The number of halogens is 3. The maximum absolute atomic E-state index is 12.0. The third-order valence-electron chi connectivity index (χ3n) is 2.85. The highest BCUT2D eigenvalue weighted by Gasteiger charge is 2.11. The lowest BCUT2D eigenvalue weighted by molar-refractivity contribution is 0.0955. The Morgan fingerprint density at radius 3 is 2.50 bits per heavy atom. The molecule has 114 valence electrons. The van der Waals surface area contributed by atoms with Gasteiger partial charge in [0.15, 0.2) is 0 Å². The van der Waals surface area contributed by atoms with Crippen LogP contribution < -0.4 is 5.43 Å². The molecule has 4 nitrogen and oxygen atoms in total. The number of benzene rings is 2. The molecule has 0 aliphatic carbocycles. The molecule has 0 saturated heterocycles. The molecule has 0 saturated carbocycles. The summed E-state index contributed by atoms with van der Waals surface area (Å²) in [5, 5.41) is 14.6. The van der Waals surface area contributed by atoms with Crippen molar-refractivity contribution in [2.24, 2.45) is 5.10 Å². The highest BCUT2D eigenvalue weighted by Crippen LogP contribution is 2.32. The molecule has 0 bridgehead atoms. The van der Waals surface area contributed by atoms with Crippen LogP contribution in [0.15, 0.2) is 50.4 Å². The van der Waals surface area contributed by atoms with Crippen molar-refractivity contribution in [2.45, 2.75) is 6.92 Å². The predicted molar refractivity (Wildman–Crippen MR) is 94.6 cm³/mol. The number of phenols is 1. The summed E-state index contributed by atoms with van der Waals surface area (Å²) in [6, 6.07) is 9.91. The Balaban J connectivity index is 2.19. The first-order valence-electron chi connectivity index (χ1n) is 6.17. The van der Waals surface area contributed by atoms with E-state index in [9.17, 15) is 9.90 Å². The normalized spacial score (nSPS) is 11.4. The van der Waals surface area contributed by atoms with Crippen molar-refractivity contribution in [3.63, 3.8) is 0 Å². The van der Waals surface area contributed by atoms with Gasteiger partial charge < -0.3 is 5.11 Å². The Labute approximate surface area is 149 Å². The fourth-order valence-corrected chi connectivity index (χ4v) is 3.05. The first kappa shape index (κ1) is 17.0. The second kappa shape index (κ2) is 7.26. The minimum Gasteiger partial charge on any atom is -0.506 e. The van der Waals surface area contributed by atoms with Crippen molar-refractivity contribution in [3.05, 3.63) is 61.5 Å². The minimum absolute atomic E-state index is 0.0604. The number of phenolic OH excluding ortho intramolecular Hbond substituents is 1. The number of nitrogens with zero attached hydrogens (tertiary/aromatic N) is 1. The Bertz CT molecular complexity index is 746. The number of carbonyl (C=O) groups excluding carboxylic acids is 1. The molecule has 0 fully saturated rings. The largest absolute Gasteiger partial charge is 0.506 e.